The molecule has 10 heteroatoms. The van der Waals surface area contributed by atoms with Crippen molar-refractivity contribution in [1.82, 2.24) is 10.6 Å². The molecular weight excluding hydrogens is 406 g/mol. The van der Waals surface area contributed by atoms with Crippen molar-refractivity contribution in [1.29, 1.82) is 0 Å². The van der Waals surface area contributed by atoms with E-state index in [2.05, 4.69) is 10.6 Å². The Balaban J connectivity index is 2.58. The van der Waals surface area contributed by atoms with E-state index in [4.69, 9.17) is 19.9 Å². The van der Waals surface area contributed by atoms with Crippen molar-refractivity contribution in [3.05, 3.63) is 17.7 Å². The summed E-state index contributed by atoms with van der Waals surface area (Å²) >= 11 is 0. The lowest BCUT2D eigenvalue weighted by molar-refractivity contribution is -0.123. The summed E-state index contributed by atoms with van der Waals surface area (Å²) in [4.78, 5) is 44.5. The second kappa shape index (κ2) is 14.6. The van der Waals surface area contributed by atoms with Crippen LogP contribution in [0.2, 0.25) is 0 Å². The maximum absolute atomic E-state index is 12.1. The summed E-state index contributed by atoms with van der Waals surface area (Å²) < 4.78 is 16.5. The molecule has 172 valence electrons. The molecule has 0 atom stereocenters. The lowest BCUT2D eigenvalue weighted by Crippen LogP contribution is -2.26. The number of carbonyl (C=O) groups is 4. The fraction of sp³-hybridized carbons (Fsp3) is 0.524. The molecule has 0 radical (unpaired) electrons. The molecule has 0 unspecified atom stereocenters. The third-order valence-electron chi connectivity index (χ3n) is 4.32. The van der Waals surface area contributed by atoms with Gasteiger partial charge in [0.25, 0.3) is 0 Å². The number of ether oxygens (including phenoxy) is 3. The smallest absolute Gasteiger partial charge is 0.220 e. The fourth-order valence-corrected chi connectivity index (χ4v) is 2.74. The third-order valence-corrected chi connectivity index (χ3v) is 4.32. The summed E-state index contributed by atoms with van der Waals surface area (Å²) in [6, 6.07) is 3.41. The molecular formula is C21H31N3O7. The van der Waals surface area contributed by atoms with Crippen LogP contribution in [0.3, 0.4) is 0 Å². The van der Waals surface area contributed by atoms with Crippen LogP contribution in [-0.4, -0.2) is 51.4 Å². The van der Waals surface area contributed by atoms with E-state index in [0.29, 0.717) is 61.4 Å². The highest BCUT2D eigenvalue weighted by Gasteiger charge is 2.15. The standard InChI is InChI=1S/C21H31N3O7/c1-29-17-12-15(31-11-4-3-6-19(22)26)13-18(30-2)16(17)14-24-21(28)8-5-7-20(27)23-9-10-25/h10,12-13H,3-9,11,14H2,1-2H3,(H2,22,26)(H,23,27)(H,24,28). The Morgan fingerprint density at radius 2 is 1.55 bits per heavy atom. The zero-order valence-corrected chi connectivity index (χ0v) is 18.0. The number of benzene rings is 1. The van der Waals surface area contributed by atoms with Crippen molar-refractivity contribution >= 4 is 24.0 Å². The highest BCUT2D eigenvalue weighted by Crippen LogP contribution is 2.34. The number of amides is 3. The van der Waals surface area contributed by atoms with Crippen LogP contribution in [0.1, 0.15) is 44.1 Å². The summed E-state index contributed by atoms with van der Waals surface area (Å²) in [5.41, 5.74) is 5.77. The van der Waals surface area contributed by atoms with Gasteiger partial charge in [-0.15, -0.1) is 0 Å². The molecule has 0 fully saturated rings. The number of aldehydes is 1. The Hall–Kier alpha value is -3.30. The van der Waals surface area contributed by atoms with E-state index in [1.165, 1.54) is 14.2 Å². The number of rotatable bonds is 16. The first kappa shape index (κ1) is 25.7. The van der Waals surface area contributed by atoms with Crippen molar-refractivity contribution in [3.8, 4) is 17.2 Å². The van der Waals surface area contributed by atoms with Gasteiger partial charge < -0.3 is 35.4 Å². The number of hydrogen-bond acceptors (Lipinski definition) is 7. The normalized spacial score (nSPS) is 10.1. The number of carbonyl (C=O) groups excluding carboxylic acids is 4. The monoisotopic (exact) mass is 437 g/mol. The van der Waals surface area contributed by atoms with Crippen LogP contribution in [0.25, 0.3) is 0 Å². The second-order valence-corrected chi connectivity index (χ2v) is 6.68. The van der Waals surface area contributed by atoms with E-state index in [0.717, 1.165) is 0 Å². The molecule has 10 nitrogen and oxygen atoms in total. The highest BCUT2D eigenvalue weighted by molar-refractivity contribution is 5.80. The molecule has 0 spiro atoms. The topological polar surface area (TPSA) is 146 Å². The first-order chi connectivity index (χ1) is 14.9. The number of hydrogen-bond donors (Lipinski definition) is 3. The van der Waals surface area contributed by atoms with Gasteiger partial charge in [0.1, 0.15) is 23.5 Å². The van der Waals surface area contributed by atoms with Crippen LogP contribution < -0.4 is 30.6 Å². The van der Waals surface area contributed by atoms with Crippen molar-refractivity contribution < 1.29 is 33.4 Å². The number of nitrogens with two attached hydrogens (primary N) is 1. The SMILES string of the molecule is COc1cc(OCCCCC(N)=O)cc(OC)c1CNC(=O)CCCC(=O)NCC=O. The van der Waals surface area contributed by atoms with Gasteiger partial charge in [-0.05, 0) is 19.3 Å². The van der Waals surface area contributed by atoms with Gasteiger partial charge >= 0.3 is 0 Å². The van der Waals surface area contributed by atoms with Crippen molar-refractivity contribution in [3.63, 3.8) is 0 Å². The van der Waals surface area contributed by atoms with Gasteiger partial charge in [-0.25, -0.2) is 0 Å². The molecule has 1 rings (SSSR count). The predicted molar refractivity (Wildman–Crippen MR) is 113 cm³/mol. The molecule has 0 aromatic heterocycles. The van der Waals surface area contributed by atoms with Gasteiger partial charge in [-0.3, -0.25) is 14.4 Å². The van der Waals surface area contributed by atoms with Gasteiger partial charge in [0, 0.05) is 31.4 Å². The van der Waals surface area contributed by atoms with Crippen LogP contribution in [0.5, 0.6) is 17.2 Å². The van der Waals surface area contributed by atoms with E-state index < -0.39 is 0 Å². The van der Waals surface area contributed by atoms with Crippen molar-refractivity contribution in [2.24, 2.45) is 5.73 Å². The maximum atomic E-state index is 12.1. The largest absolute Gasteiger partial charge is 0.496 e. The molecule has 0 saturated carbocycles. The van der Waals surface area contributed by atoms with Gasteiger partial charge in [0.15, 0.2) is 0 Å². The lowest BCUT2D eigenvalue weighted by atomic mass is 10.1. The quantitative estimate of drug-likeness (QED) is 0.256. The Morgan fingerprint density at radius 1 is 0.935 bits per heavy atom. The molecule has 0 aliphatic carbocycles. The summed E-state index contributed by atoms with van der Waals surface area (Å²) in [5, 5.41) is 5.21. The molecule has 0 bridgehead atoms. The fourth-order valence-electron chi connectivity index (χ4n) is 2.74. The Morgan fingerprint density at radius 3 is 2.10 bits per heavy atom. The average molecular weight is 437 g/mol. The maximum Gasteiger partial charge on any atom is 0.220 e. The van der Waals surface area contributed by atoms with Crippen LogP contribution in [0.15, 0.2) is 12.1 Å². The van der Waals surface area contributed by atoms with Crippen LogP contribution in [0, 0.1) is 0 Å². The minimum Gasteiger partial charge on any atom is -0.496 e. The Kier molecular flexibility index (Phi) is 12.2. The molecule has 1 aromatic rings. The van der Waals surface area contributed by atoms with Crippen LogP contribution in [0.4, 0.5) is 0 Å². The summed E-state index contributed by atoms with van der Waals surface area (Å²) in [6.07, 6.45) is 2.95. The predicted octanol–water partition coefficient (Wildman–Crippen LogP) is 0.840. The van der Waals surface area contributed by atoms with Gasteiger partial charge in [0.2, 0.25) is 17.7 Å². The van der Waals surface area contributed by atoms with Crippen molar-refractivity contribution in [2.75, 3.05) is 27.4 Å². The second-order valence-electron chi connectivity index (χ2n) is 6.68. The summed E-state index contributed by atoms with van der Waals surface area (Å²) in [5.74, 6) is 0.718. The molecule has 4 N–H and O–H groups in total. The Bertz CT molecular complexity index is 727. The molecule has 0 aliphatic heterocycles. The molecule has 0 heterocycles. The zero-order chi connectivity index (χ0) is 23.1. The van der Waals surface area contributed by atoms with E-state index in [1.807, 2.05) is 0 Å². The van der Waals surface area contributed by atoms with Crippen LogP contribution >= 0.6 is 0 Å². The van der Waals surface area contributed by atoms with E-state index in [-0.39, 0.29) is 43.7 Å². The first-order valence-electron chi connectivity index (χ1n) is 10.0. The molecule has 0 aliphatic rings. The molecule has 3 amide bonds. The van der Waals surface area contributed by atoms with Gasteiger partial charge in [-0.1, -0.05) is 0 Å². The van der Waals surface area contributed by atoms with Gasteiger partial charge in [0.05, 0.1) is 39.5 Å². The summed E-state index contributed by atoms with van der Waals surface area (Å²) in [6.45, 7) is 0.565. The van der Waals surface area contributed by atoms with E-state index in [9.17, 15) is 19.2 Å². The zero-order valence-electron chi connectivity index (χ0n) is 18.0. The minimum absolute atomic E-state index is 0.0301. The summed E-state index contributed by atoms with van der Waals surface area (Å²) in [7, 11) is 3.02. The lowest BCUT2D eigenvalue weighted by Gasteiger charge is -2.16. The van der Waals surface area contributed by atoms with Crippen molar-refractivity contribution in [2.45, 2.75) is 45.1 Å². The minimum atomic E-state index is -0.337. The number of primary amides is 1. The molecule has 0 saturated heterocycles. The highest BCUT2D eigenvalue weighted by atomic mass is 16.5. The molecule has 1 aromatic carbocycles. The van der Waals surface area contributed by atoms with Gasteiger partial charge in [-0.2, -0.15) is 0 Å². The van der Waals surface area contributed by atoms with E-state index in [1.54, 1.807) is 12.1 Å². The number of nitrogens with one attached hydrogen (secondary N) is 2. The number of methoxy groups -OCH3 is 2. The third kappa shape index (κ3) is 10.3. The van der Waals surface area contributed by atoms with E-state index >= 15 is 0 Å². The van der Waals surface area contributed by atoms with Crippen LogP contribution in [-0.2, 0) is 25.7 Å². The molecule has 31 heavy (non-hydrogen) atoms. The number of unbranched alkanes of at least 4 members (excludes halogenated alkanes) is 1. The first-order valence-corrected chi connectivity index (χ1v) is 10.0. The average Bonchev–Trinajstić information content (AvgIpc) is 2.75. The Labute approximate surface area is 181 Å².